The second-order valence-electron chi connectivity index (χ2n) is 9.13. The summed E-state index contributed by atoms with van der Waals surface area (Å²) >= 11 is 0.915. The van der Waals surface area contributed by atoms with E-state index in [2.05, 4.69) is 4.98 Å². The largest absolute Gasteiger partial charge is 0.507 e. The van der Waals surface area contributed by atoms with Gasteiger partial charge in [0.1, 0.15) is 16.4 Å². The first-order valence-electron chi connectivity index (χ1n) is 13.2. The number of hydrogen-bond donors (Lipinski definition) is 1. The topological polar surface area (TPSA) is 134 Å². The average molecular weight is 597 g/mol. The third kappa shape index (κ3) is 5.62. The van der Waals surface area contributed by atoms with Crippen LogP contribution in [0, 0.1) is 6.92 Å². The first-order chi connectivity index (χ1) is 20.2. The third-order valence-corrected chi connectivity index (χ3v) is 7.64. The number of ketones is 1. The summed E-state index contributed by atoms with van der Waals surface area (Å²) in [6.07, 6.45) is 0.827. The smallest absolute Gasteiger partial charge is 0.350 e. The molecule has 1 amide bonds. The number of aromatic nitrogens is 1. The number of carbonyl (C=O) groups excluding carboxylic acids is 3. The van der Waals surface area contributed by atoms with Crippen molar-refractivity contribution >= 4 is 39.9 Å². The number of methoxy groups -OCH3 is 3. The first kappa shape index (κ1) is 30.4. The molecule has 2 aromatic carbocycles. The monoisotopic (exact) mass is 596 g/mol. The Kier molecular flexibility index (Phi) is 9.36. The summed E-state index contributed by atoms with van der Waals surface area (Å²) in [5.74, 6) is -1.39. The van der Waals surface area contributed by atoms with Crippen LogP contribution in [0.4, 0.5) is 5.13 Å². The first-order valence-corrected chi connectivity index (χ1v) is 14.0. The van der Waals surface area contributed by atoms with E-state index >= 15 is 0 Å². The molecule has 1 fully saturated rings. The van der Waals surface area contributed by atoms with Crippen LogP contribution in [0.5, 0.6) is 23.0 Å². The number of Topliss-reactive ketones (excluding diaryl/α,β-unsaturated/α-hetero) is 1. The van der Waals surface area contributed by atoms with E-state index in [1.807, 2.05) is 6.92 Å². The molecule has 0 aliphatic carbocycles. The number of ether oxygens (including phenoxy) is 5. The van der Waals surface area contributed by atoms with Crippen LogP contribution in [0.25, 0.3) is 5.76 Å². The van der Waals surface area contributed by atoms with Gasteiger partial charge in [0.05, 0.1) is 51.9 Å². The molecule has 2 heterocycles. The summed E-state index contributed by atoms with van der Waals surface area (Å²) in [5.41, 5.74) is 0.833. The average Bonchev–Trinajstić information content (AvgIpc) is 3.51. The van der Waals surface area contributed by atoms with E-state index in [0.717, 1.165) is 22.7 Å². The predicted octanol–water partition coefficient (Wildman–Crippen LogP) is 5.07. The highest BCUT2D eigenvalue weighted by Gasteiger charge is 2.49. The molecule has 0 bridgehead atoms. The fraction of sp³-hybridized carbons (Fsp3) is 0.333. The molecule has 1 aliphatic rings. The molecule has 3 aromatic rings. The Balaban J connectivity index is 1.94. The van der Waals surface area contributed by atoms with Crippen molar-refractivity contribution in [3.8, 4) is 23.0 Å². The van der Waals surface area contributed by atoms with Crippen LogP contribution in [0.15, 0.2) is 42.0 Å². The van der Waals surface area contributed by atoms with E-state index in [0.29, 0.717) is 34.9 Å². The Hall–Kier alpha value is -4.58. The van der Waals surface area contributed by atoms with Crippen LogP contribution < -0.4 is 23.8 Å². The van der Waals surface area contributed by atoms with Crippen molar-refractivity contribution in [1.82, 2.24) is 4.98 Å². The van der Waals surface area contributed by atoms with Crippen molar-refractivity contribution in [2.24, 2.45) is 0 Å². The van der Waals surface area contributed by atoms with Crippen molar-refractivity contribution in [1.29, 1.82) is 0 Å². The highest BCUT2D eigenvalue weighted by molar-refractivity contribution is 7.17. The molecule has 1 aromatic heterocycles. The molecule has 42 heavy (non-hydrogen) atoms. The molecule has 0 radical (unpaired) electrons. The number of thiazole rings is 1. The Labute approximate surface area is 247 Å². The van der Waals surface area contributed by atoms with Crippen molar-refractivity contribution in [3.05, 3.63) is 63.7 Å². The van der Waals surface area contributed by atoms with Crippen molar-refractivity contribution in [2.75, 3.05) is 39.4 Å². The zero-order valence-corrected chi connectivity index (χ0v) is 25.0. The number of anilines is 1. The Morgan fingerprint density at radius 2 is 1.67 bits per heavy atom. The van der Waals surface area contributed by atoms with E-state index in [-0.39, 0.29) is 33.7 Å². The maximum absolute atomic E-state index is 13.6. The molecular formula is C30H32N2O9S. The lowest BCUT2D eigenvalue weighted by Gasteiger charge is -2.24. The van der Waals surface area contributed by atoms with E-state index in [1.54, 1.807) is 50.2 Å². The minimum Gasteiger partial charge on any atom is -0.507 e. The molecule has 1 saturated heterocycles. The summed E-state index contributed by atoms with van der Waals surface area (Å²) in [7, 11) is 4.33. The molecule has 0 saturated carbocycles. The van der Waals surface area contributed by atoms with E-state index in [1.165, 1.54) is 21.3 Å². The molecule has 1 N–H and O–H groups in total. The minimum atomic E-state index is -1.16. The maximum Gasteiger partial charge on any atom is 0.350 e. The van der Waals surface area contributed by atoms with Gasteiger partial charge in [-0.15, -0.1) is 0 Å². The predicted molar refractivity (Wildman–Crippen MR) is 156 cm³/mol. The summed E-state index contributed by atoms with van der Waals surface area (Å²) in [6.45, 7) is 5.96. The normalized spacial score (nSPS) is 16.0. The summed E-state index contributed by atoms with van der Waals surface area (Å²) in [6, 6.07) is 8.57. The molecule has 1 atom stereocenters. The quantitative estimate of drug-likeness (QED) is 0.138. The number of aliphatic hydroxyl groups is 1. The number of carbonyl (C=O) groups is 3. The number of aliphatic hydroxyl groups excluding tert-OH is 1. The van der Waals surface area contributed by atoms with Gasteiger partial charge in [-0.3, -0.25) is 14.5 Å². The Bertz CT molecular complexity index is 1500. The molecule has 222 valence electrons. The van der Waals surface area contributed by atoms with Gasteiger partial charge in [0.2, 0.25) is 5.75 Å². The van der Waals surface area contributed by atoms with Crippen LogP contribution in [-0.2, 0) is 14.3 Å². The lowest BCUT2D eigenvalue weighted by atomic mass is 9.94. The van der Waals surface area contributed by atoms with Gasteiger partial charge in [-0.25, -0.2) is 9.78 Å². The van der Waals surface area contributed by atoms with Gasteiger partial charge in [0, 0.05) is 5.56 Å². The molecule has 11 nitrogen and oxygen atoms in total. The molecule has 1 unspecified atom stereocenters. The van der Waals surface area contributed by atoms with Gasteiger partial charge in [0.15, 0.2) is 16.6 Å². The fourth-order valence-corrected chi connectivity index (χ4v) is 5.55. The Morgan fingerprint density at radius 3 is 2.21 bits per heavy atom. The van der Waals surface area contributed by atoms with Crippen molar-refractivity contribution in [3.63, 3.8) is 0 Å². The van der Waals surface area contributed by atoms with Gasteiger partial charge < -0.3 is 28.8 Å². The number of nitrogens with zero attached hydrogens (tertiary/aromatic N) is 2. The van der Waals surface area contributed by atoms with Crippen LogP contribution in [0.3, 0.4) is 0 Å². The van der Waals surface area contributed by atoms with Gasteiger partial charge in [-0.2, -0.15) is 0 Å². The van der Waals surface area contributed by atoms with E-state index in [4.69, 9.17) is 23.7 Å². The lowest BCUT2D eigenvalue weighted by Crippen LogP contribution is -2.29. The zero-order chi connectivity index (χ0) is 30.6. The summed E-state index contributed by atoms with van der Waals surface area (Å²) in [5, 5.41) is 11.6. The summed E-state index contributed by atoms with van der Waals surface area (Å²) < 4.78 is 27.3. The molecule has 4 rings (SSSR count). The van der Waals surface area contributed by atoms with E-state index in [9.17, 15) is 19.5 Å². The molecule has 12 heteroatoms. The highest BCUT2D eigenvalue weighted by atomic mass is 32.1. The number of esters is 1. The van der Waals surface area contributed by atoms with Gasteiger partial charge in [0.25, 0.3) is 5.78 Å². The van der Waals surface area contributed by atoms with Gasteiger partial charge in [-0.05, 0) is 62.2 Å². The molecule has 0 spiro atoms. The lowest BCUT2D eigenvalue weighted by molar-refractivity contribution is -0.132. The number of benzene rings is 2. The second kappa shape index (κ2) is 12.9. The molecular weight excluding hydrogens is 564 g/mol. The van der Waals surface area contributed by atoms with Crippen LogP contribution >= 0.6 is 11.3 Å². The minimum absolute atomic E-state index is 0.0822. The standard InChI is InChI=1S/C30H32N2O9S/c1-7-13-41-19-11-9-17(10-12-19)24(33)22-23(18-14-20(37-4)26(39-6)21(15-18)38-5)32(28(35)25(22)34)30-31-16(3)27(42-30)29(36)40-8-2/h9-12,14-15,23,33H,7-8,13H2,1-6H3/b24-22+. The van der Waals surface area contributed by atoms with Crippen LogP contribution in [0.1, 0.15) is 52.8 Å². The number of hydrogen-bond acceptors (Lipinski definition) is 11. The van der Waals surface area contributed by atoms with Gasteiger partial charge >= 0.3 is 11.9 Å². The van der Waals surface area contributed by atoms with Crippen LogP contribution in [0.2, 0.25) is 0 Å². The zero-order valence-electron chi connectivity index (χ0n) is 24.2. The summed E-state index contributed by atoms with van der Waals surface area (Å²) in [4.78, 5) is 45.6. The number of rotatable bonds is 11. The maximum atomic E-state index is 13.6. The SMILES string of the molecule is CCCOc1ccc(/C(O)=C2\C(=O)C(=O)N(c3nc(C)c(C(=O)OCC)s3)C2c2cc(OC)c(OC)c(OC)c2)cc1. The van der Waals surface area contributed by atoms with Crippen molar-refractivity contribution in [2.45, 2.75) is 33.2 Å². The van der Waals surface area contributed by atoms with Gasteiger partial charge in [-0.1, -0.05) is 18.3 Å². The number of amides is 1. The van der Waals surface area contributed by atoms with E-state index < -0.39 is 29.5 Å². The molecule has 1 aliphatic heterocycles. The fourth-order valence-electron chi connectivity index (χ4n) is 4.56. The Morgan fingerprint density at radius 1 is 1.02 bits per heavy atom. The van der Waals surface area contributed by atoms with Crippen LogP contribution in [-0.4, -0.2) is 62.3 Å². The second-order valence-corrected chi connectivity index (χ2v) is 10.1. The van der Waals surface area contributed by atoms with Crippen molar-refractivity contribution < 1.29 is 43.2 Å². The third-order valence-electron chi connectivity index (χ3n) is 6.50. The highest BCUT2D eigenvalue weighted by Crippen LogP contribution is 2.48. The number of aryl methyl sites for hydroxylation is 1.